The largest absolute Gasteiger partial charge is 0.628 e. The number of H-pyrrole nitrogens is 1. The maximum Gasteiger partial charge on any atom is 0.221 e. The number of nitrogens with zero attached hydrogens (tertiary/aromatic N) is 1. The highest BCUT2D eigenvalue weighted by Gasteiger charge is 1.92. The van der Waals surface area contributed by atoms with E-state index in [4.69, 9.17) is 0 Å². The highest BCUT2D eigenvalue weighted by molar-refractivity contribution is 5.12. The van der Waals surface area contributed by atoms with E-state index in [0.29, 0.717) is 5.82 Å². The quantitative estimate of drug-likeness (QED) is 0.461. The van der Waals surface area contributed by atoms with E-state index in [1.54, 1.807) is 12.3 Å². The molecule has 0 saturated heterocycles. The summed E-state index contributed by atoms with van der Waals surface area (Å²) in [5, 5.41) is 16.6. The normalized spacial score (nSPS) is 13.8. The molecule has 8 heavy (non-hydrogen) atoms. The number of hydrogen-bond acceptors (Lipinski definition) is 2. The van der Waals surface area contributed by atoms with Crippen LogP contribution in [0.15, 0.2) is 12.3 Å². The van der Waals surface area contributed by atoms with Crippen LogP contribution in [-0.4, -0.2) is 17.2 Å². The predicted molar refractivity (Wildman–Crippen MR) is 28.5 cm³/mol. The minimum atomic E-state index is 0.0162. The first-order valence-corrected chi connectivity index (χ1v) is 2.31. The minimum Gasteiger partial charge on any atom is -0.628 e. The zero-order chi connectivity index (χ0) is 5.98. The minimum absolute atomic E-state index is 0.0162. The van der Waals surface area contributed by atoms with Crippen molar-refractivity contribution in [3.8, 4) is 0 Å². The molecule has 0 aliphatic heterocycles. The molecule has 1 aromatic heterocycles. The number of quaternary nitrogens is 1. The number of hydroxylamine groups is 1. The van der Waals surface area contributed by atoms with Crippen molar-refractivity contribution in [2.45, 2.75) is 0 Å². The van der Waals surface area contributed by atoms with Gasteiger partial charge in [-0.05, 0) is 0 Å². The molecule has 1 atom stereocenters. The van der Waals surface area contributed by atoms with Crippen molar-refractivity contribution in [2.24, 2.45) is 0 Å². The molecular weight excluding hydrogens is 106 g/mol. The van der Waals surface area contributed by atoms with Crippen LogP contribution in [0.2, 0.25) is 0 Å². The maximum absolute atomic E-state index is 10.4. The van der Waals surface area contributed by atoms with E-state index in [0.717, 1.165) is 0 Å². The molecule has 4 heteroatoms. The smallest absolute Gasteiger partial charge is 0.221 e. The Balaban J connectivity index is 2.77. The van der Waals surface area contributed by atoms with Gasteiger partial charge in [0.05, 0.1) is 13.2 Å². The summed E-state index contributed by atoms with van der Waals surface area (Å²) in [6, 6.07) is 1.64. The molecule has 0 aliphatic rings. The molecular formula is C4H7N3O. The Kier molecular flexibility index (Phi) is 1.27. The first kappa shape index (κ1) is 5.27. The van der Waals surface area contributed by atoms with Crippen molar-refractivity contribution >= 4 is 5.82 Å². The number of nitrogens with one attached hydrogen (secondary N) is 2. The summed E-state index contributed by atoms with van der Waals surface area (Å²) in [5.41, 5.74) is 0. The van der Waals surface area contributed by atoms with Crippen molar-refractivity contribution in [3.05, 3.63) is 17.5 Å². The average Bonchev–Trinajstić information content (AvgIpc) is 2.12. The average molecular weight is 113 g/mol. The van der Waals surface area contributed by atoms with E-state index in [-0.39, 0.29) is 5.06 Å². The summed E-state index contributed by atoms with van der Waals surface area (Å²) in [6.07, 6.45) is 1.55. The van der Waals surface area contributed by atoms with Crippen LogP contribution in [0.5, 0.6) is 0 Å². The molecule has 0 bridgehead atoms. The van der Waals surface area contributed by atoms with E-state index in [1.807, 2.05) is 0 Å². The second-order valence-electron chi connectivity index (χ2n) is 1.53. The van der Waals surface area contributed by atoms with Crippen LogP contribution in [0.1, 0.15) is 0 Å². The highest BCUT2D eigenvalue weighted by Crippen LogP contribution is 1.86. The maximum atomic E-state index is 10.4. The Bertz CT molecular complexity index is 146. The van der Waals surface area contributed by atoms with Gasteiger partial charge < -0.3 is 10.3 Å². The Labute approximate surface area is 46.7 Å². The number of aromatic nitrogens is 2. The topological polar surface area (TPSA) is 56.2 Å². The van der Waals surface area contributed by atoms with Crippen molar-refractivity contribution < 1.29 is 5.06 Å². The van der Waals surface area contributed by atoms with Gasteiger partial charge in [0.25, 0.3) is 0 Å². The molecule has 0 saturated carbocycles. The molecule has 1 unspecified atom stereocenters. The summed E-state index contributed by atoms with van der Waals surface area (Å²) in [6.45, 7) is 0. The third-order valence-electron chi connectivity index (χ3n) is 0.880. The first-order chi connectivity index (χ1) is 3.80. The summed E-state index contributed by atoms with van der Waals surface area (Å²) in [7, 11) is 1.49. The van der Waals surface area contributed by atoms with Gasteiger partial charge in [0.1, 0.15) is 0 Å². The van der Waals surface area contributed by atoms with Gasteiger partial charge in [-0.2, -0.15) is 5.10 Å². The molecule has 0 radical (unpaired) electrons. The fourth-order valence-corrected chi connectivity index (χ4v) is 0.452. The number of rotatable bonds is 1. The lowest BCUT2D eigenvalue weighted by Gasteiger charge is -2.10. The third-order valence-corrected chi connectivity index (χ3v) is 0.880. The van der Waals surface area contributed by atoms with Crippen LogP contribution < -0.4 is 5.06 Å². The van der Waals surface area contributed by atoms with Crippen LogP contribution in [0.25, 0.3) is 0 Å². The zero-order valence-corrected chi connectivity index (χ0v) is 4.51. The molecule has 1 heterocycles. The van der Waals surface area contributed by atoms with Gasteiger partial charge in [0.15, 0.2) is 0 Å². The van der Waals surface area contributed by atoms with E-state index in [9.17, 15) is 5.21 Å². The van der Waals surface area contributed by atoms with Crippen molar-refractivity contribution in [1.29, 1.82) is 0 Å². The molecule has 4 nitrogen and oxygen atoms in total. The predicted octanol–water partition coefficient (Wildman–Crippen LogP) is -0.946. The second-order valence-corrected chi connectivity index (χ2v) is 1.53. The second kappa shape index (κ2) is 1.94. The summed E-state index contributed by atoms with van der Waals surface area (Å²) < 4.78 is 0. The van der Waals surface area contributed by atoms with E-state index in [2.05, 4.69) is 10.2 Å². The third kappa shape index (κ3) is 0.853. The van der Waals surface area contributed by atoms with E-state index >= 15 is 0 Å². The van der Waals surface area contributed by atoms with Crippen LogP contribution in [0, 0.1) is 5.21 Å². The Morgan fingerprint density at radius 3 is 2.88 bits per heavy atom. The Hall–Kier alpha value is -0.870. The summed E-state index contributed by atoms with van der Waals surface area (Å²) in [4.78, 5) is 0. The lowest BCUT2D eigenvalue weighted by atomic mass is 10.6. The molecule has 0 aromatic carbocycles. The molecule has 1 rings (SSSR count). The van der Waals surface area contributed by atoms with Crippen LogP contribution in [0.3, 0.4) is 0 Å². The molecule has 0 aliphatic carbocycles. The molecule has 0 amide bonds. The molecule has 2 N–H and O–H groups in total. The molecule has 0 spiro atoms. The fourth-order valence-electron chi connectivity index (χ4n) is 0.452. The van der Waals surface area contributed by atoms with E-state index < -0.39 is 0 Å². The fraction of sp³-hybridized carbons (Fsp3) is 0.250. The highest BCUT2D eigenvalue weighted by atomic mass is 16.5. The molecule has 0 fully saturated rings. The van der Waals surface area contributed by atoms with E-state index in [1.165, 1.54) is 7.05 Å². The van der Waals surface area contributed by atoms with Gasteiger partial charge in [-0.25, -0.2) is 5.10 Å². The van der Waals surface area contributed by atoms with Gasteiger partial charge in [-0.15, -0.1) is 0 Å². The van der Waals surface area contributed by atoms with Gasteiger partial charge in [0.2, 0.25) is 5.82 Å². The standard InChI is InChI=1S/C4H7N3O/c1-7(8)4-2-3-5-6-4/h2-3,7H,1H3,(H,5,6). The Morgan fingerprint density at radius 2 is 2.62 bits per heavy atom. The SMILES string of the molecule is C[NH+]([O-])c1ccn[nH]1. The summed E-state index contributed by atoms with van der Waals surface area (Å²) >= 11 is 0. The lowest BCUT2D eigenvalue weighted by Crippen LogP contribution is -2.98. The molecule has 44 valence electrons. The number of aromatic amines is 1. The monoisotopic (exact) mass is 113 g/mol. The van der Waals surface area contributed by atoms with Crippen LogP contribution in [-0.2, 0) is 0 Å². The van der Waals surface area contributed by atoms with Crippen molar-refractivity contribution in [2.75, 3.05) is 7.05 Å². The Morgan fingerprint density at radius 1 is 1.88 bits per heavy atom. The van der Waals surface area contributed by atoms with Gasteiger partial charge in [0, 0.05) is 6.07 Å². The van der Waals surface area contributed by atoms with Gasteiger partial charge >= 0.3 is 0 Å². The van der Waals surface area contributed by atoms with Crippen LogP contribution >= 0.6 is 0 Å². The van der Waals surface area contributed by atoms with Gasteiger partial charge in [-0.3, -0.25) is 0 Å². The van der Waals surface area contributed by atoms with Crippen molar-refractivity contribution in [3.63, 3.8) is 0 Å². The summed E-state index contributed by atoms with van der Waals surface area (Å²) in [5.74, 6) is 0.560. The van der Waals surface area contributed by atoms with Crippen molar-refractivity contribution in [1.82, 2.24) is 10.2 Å². The zero-order valence-electron chi connectivity index (χ0n) is 4.51. The number of hydrogen-bond donors (Lipinski definition) is 2. The molecule has 1 aromatic rings. The van der Waals surface area contributed by atoms with Gasteiger partial charge in [-0.1, -0.05) is 0 Å². The lowest BCUT2D eigenvalue weighted by molar-refractivity contribution is -0.754. The van der Waals surface area contributed by atoms with Crippen LogP contribution in [0.4, 0.5) is 5.82 Å². The first-order valence-electron chi connectivity index (χ1n) is 2.31.